The van der Waals surface area contributed by atoms with E-state index in [1.807, 2.05) is 84.3 Å². The summed E-state index contributed by atoms with van der Waals surface area (Å²) in [7, 11) is -3.82. The van der Waals surface area contributed by atoms with Crippen molar-refractivity contribution in [3.05, 3.63) is 114 Å². The van der Waals surface area contributed by atoms with Gasteiger partial charge in [-0.25, -0.2) is 13.1 Å². The number of sulfonamides is 1. The first-order valence-corrected chi connectivity index (χ1v) is 14.1. The highest BCUT2D eigenvalue weighted by atomic mass is 32.2. The maximum Gasteiger partial charge on any atom is 0.241 e. The zero-order valence-corrected chi connectivity index (χ0v) is 21.6. The molecule has 6 nitrogen and oxygen atoms in total. The van der Waals surface area contributed by atoms with Crippen molar-refractivity contribution in [2.24, 2.45) is 0 Å². The average molecular weight is 515 g/mol. The van der Waals surface area contributed by atoms with Gasteiger partial charge in [-0.15, -0.1) is 10.2 Å². The predicted octanol–water partition coefficient (Wildman–Crippen LogP) is 6.06. The van der Waals surface area contributed by atoms with Crippen LogP contribution in [0.25, 0.3) is 16.5 Å². The van der Waals surface area contributed by atoms with Crippen molar-refractivity contribution in [3.8, 4) is 5.69 Å². The van der Waals surface area contributed by atoms with Crippen LogP contribution < -0.4 is 4.72 Å². The third kappa shape index (κ3) is 5.06. The fourth-order valence-corrected chi connectivity index (χ4v) is 6.44. The summed E-state index contributed by atoms with van der Waals surface area (Å²) in [6.45, 7) is 3.83. The van der Waals surface area contributed by atoms with Crippen LogP contribution in [0.5, 0.6) is 0 Å². The van der Waals surface area contributed by atoms with E-state index in [9.17, 15) is 8.42 Å². The lowest BCUT2D eigenvalue weighted by molar-refractivity contribution is 0.557. The second-order valence-electron chi connectivity index (χ2n) is 8.61. The van der Waals surface area contributed by atoms with Crippen LogP contribution in [0.15, 0.2) is 107 Å². The van der Waals surface area contributed by atoms with Crippen LogP contribution in [0.1, 0.15) is 29.9 Å². The van der Waals surface area contributed by atoms with Crippen LogP contribution in [0.4, 0.5) is 0 Å². The Morgan fingerprint density at radius 2 is 1.56 bits per heavy atom. The number of aryl methyl sites for hydroxylation is 1. The Morgan fingerprint density at radius 1 is 0.861 bits per heavy atom. The van der Waals surface area contributed by atoms with Crippen LogP contribution in [-0.2, 0) is 15.8 Å². The number of benzene rings is 4. The number of nitrogens with one attached hydrogen (secondary N) is 1. The summed E-state index contributed by atoms with van der Waals surface area (Å²) in [5.74, 6) is 1.25. The second kappa shape index (κ2) is 10.3. The summed E-state index contributed by atoms with van der Waals surface area (Å²) in [4.78, 5) is 0.243. The highest BCUT2D eigenvalue weighted by Gasteiger charge is 2.26. The molecule has 36 heavy (non-hydrogen) atoms. The maximum atomic E-state index is 13.5. The van der Waals surface area contributed by atoms with Crippen LogP contribution in [0.3, 0.4) is 0 Å². The van der Waals surface area contributed by atoms with E-state index in [1.54, 1.807) is 30.8 Å². The number of thioether (sulfide) groups is 1. The van der Waals surface area contributed by atoms with Gasteiger partial charge in [0.05, 0.1) is 10.9 Å². The Morgan fingerprint density at radius 3 is 2.33 bits per heavy atom. The molecule has 0 saturated carbocycles. The molecule has 0 amide bonds. The topological polar surface area (TPSA) is 76.9 Å². The van der Waals surface area contributed by atoms with Crippen LogP contribution in [-0.4, -0.2) is 23.2 Å². The first-order valence-electron chi connectivity index (χ1n) is 11.6. The van der Waals surface area contributed by atoms with Gasteiger partial charge in [-0.3, -0.25) is 4.57 Å². The molecule has 0 aliphatic rings. The molecular weight excluding hydrogens is 488 g/mol. The summed E-state index contributed by atoms with van der Waals surface area (Å²) in [5.41, 5.74) is 3.19. The zero-order chi connectivity index (χ0) is 25.1. The number of hydrogen-bond acceptors (Lipinski definition) is 5. The van der Waals surface area contributed by atoms with Crippen molar-refractivity contribution in [2.75, 3.05) is 0 Å². The van der Waals surface area contributed by atoms with E-state index in [-0.39, 0.29) is 4.90 Å². The van der Waals surface area contributed by atoms with Gasteiger partial charge in [-0.05, 0) is 43.0 Å². The third-order valence-corrected chi connectivity index (χ3v) is 8.52. The van der Waals surface area contributed by atoms with Crippen molar-refractivity contribution < 1.29 is 8.42 Å². The first kappa shape index (κ1) is 24.2. The smallest absolute Gasteiger partial charge is 0.241 e. The molecule has 8 heteroatoms. The van der Waals surface area contributed by atoms with Gasteiger partial charge in [-0.1, -0.05) is 96.2 Å². The molecule has 0 radical (unpaired) electrons. The van der Waals surface area contributed by atoms with Crippen LogP contribution in [0, 0.1) is 6.92 Å². The van der Waals surface area contributed by atoms with Crippen molar-refractivity contribution >= 4 is 32.6 Å². The number of fused-ring (bicyclic) bond motifs is 1. The lowest BCUT2D eigenvalue weighted by Crippen LogP contribution is -2.29. The molecule has 182 valence electrons. The largest absolute Gasteiger partial charge is 0.273 e. The minimum atomic E-state index is -3.82. The molecule has 0 aliphatic carbocycles. The average Bonchev–Trinajstić information content (AvgIpc) is 3.32. The van der Waals surface area contributed by atoms with Gasteiger partial charge < -0.3 is 0 Å². The minimum absolute atomic E-state index is 0.243. The van der Waals surface area contributed by atoms with Gasteiger partial charge in [0.15, 0.2) is 11.0 Å². The lowest BCUT2D eigenvalue weighted by Gasteiger charge is -2.17. The molecule has 0 aliphatic heterocycles. The second-order valence-corrected chi connectivity index (χ2v) is 11.2. The fraction of sp³-hybridized carbons (Fsp3) is 0.143. The van der Waals surface area contributed by atoms with Crippen LogP contribution in [0.2, 0.25) is 0 Å². The molecule has 0 spiro atoms. The lowest BCUT2D eigenvalue weighted by atomic mass is 10.1. The van der Waals surface area contributed by atoms with Gasteiger partial charge >= 0.3 is 0 Å². The van der Waals surface area contributed by atoms with E-state index >= 15 is 0 Å². The van der Waals surface area contributed by atoms with E-state index in [0.717, 1.165) is 22.4 Å². The highest BCUT2D eigenvalue weighted by molar-refractivity contribution is 7.98. The first-order chi connectivity index (χ1) is 17.4. The molecular formula is C28H26N4O2S2. The third-order valence-electron chi connectivity index (χ3n) is 5.92. The summed E-state index contributed by atoms with van der Waals surface area (Å²) in [6, 6.07) is 30.3. The predicted molar refractivity (Wildman–Crippen MR) is 145 cm³/mol. The Hall–Kier alpha value is -3.46. The Labute approximate surface area is 215 Å². The molecule has 0 saturated heterocycles. The monoisotopic (exact) mass is 514 g/mol. The van der Waals surface area contributed by atoms with Gasteiger partial charge in [0.2, 0.25) is 10.0 Å². The zero-order valence-electron chi connectivity index (χ0n) is 20.0. The van der Waals surface area contributed by atoms with Gasteiger partial charge in [-0.2, -0.15) is 0 Å². The molecule has 1 atom stereocenters. The van der Waals surface area contributed by atoms with Crippen molar-refractivity contribution in [3.63, 3.8) is 0 Å². The normalized spacial score (nSPS) is 12.6. The van der Waals surface area contributed by atoms with Gasteiger partial charge in [0.25, 0.3) is 0 Å². The van der Waals surface area contributed by atoms with Gasteiger partial charge in [0.1, 0.15) is 0 Å². The molecule has 5 aromatic rings. The Balaban J connectivity index is 1.49. The Bertz CT molecular complexity index is 1590. The number of nitrogens with zero attached hydrogens (tertiary/aromatic N) is 3. The maximum absolute atomic E-state index is 13.5. The molecule has 1 unspecified atom stereocenters. The van der Waals surface area contributed by atoms with Crippen molar-refractivity contribution in [1.29, 1.82) is 0 Å². The minimum Gasteiger partial charge on any atom is -0.273 e. The molecule has 4 aromatic carbocycles. The van der Waals surface area contributed by atoms with Gasteiger partial charge in [0, 0.05) is 16.8 Å². The van der Waals surface area contributed by atoms with Crippen LogP contribution >= 0.6 is 11.8 Å². The molecule has 0 fully saturated rings. The summed E-state index contributed by atoms with van der Waals surface area (Å²) < 4.78 is 31.7. The standard InChI is InChI=1S/C28H26N4O2S2/c1-20-15-17-24(18-16-20)32-27(29-30-28(32)35-19-22-9-4-3-5-10-22)21(2)31-36(33,34)26-14-8-12-23-11-6-7-13-25(23)26/h3-18,21,31H,19H2,1-2H3. The number of hydrogen-bond donors (Lipinski definition) is 1. The molecule has 1 N–H and O–H groups in total. The molecule has 0 bridgehead atoms. The van der Waals surface area contributed by atoms with E-state index < -0.39 is 16.1 Å². The SMILES string of the molecule is Cc1ccc(-n2c(SCc3ccccc3)nnc2C(C)NS(=O)(=O)c2cccc3ccccc23)cc1. The fourth-order valence-electron chi connectivity index (χ4n) is 4.09. The quantitative estimate of drug-likeness (QED) is 0.255. The van der Waals surface area contributed by atoms with E-state index in [2.05, 4.69) is 27.1 Å². The Kier molecular flexibility index (Phi) is 6.91. The molecule has 1 aromatic heterocycles. The van der Waals surface area contributed by atoms with E-state index in [0.29, 0.717) is 16.4 Å². The number of aromatic nitrogens is 3. The van der Waals surface area contributed by atoms with E-state index in [4.69, 9.17) is 0 Å². The summed E-state index contributed by atoms with van der Waals surface area (Å²) in [6.07, 6.45) is 0. The summed E-state index contributed by atoms with van der Waals surface area (Å²) >= 11 is 1.57. The van der Waals surface area contributed by atoms with Crippen molar-refractivity contribution in [2.45, 2.75) is 35.7 Å². The molecule has 1 heterocycles. The number of rotatable bonds is 8. The van der Waals surface area contributed by atoms with Crippen molar-refractivity contribution in [1.82, 2.24) is 19.5 Å². The molecule has 5 rings (SSSR count). The highest BCUT2D eigenvalue weighted by Crippen LogP contribution is 2.29. The van der Waals surface area contributed by atoms with E-state index in [1.165, 1.54) is 5.56 Å². The summed E-state index contributed by atoms with van der Waals surface area (Å²) in [5, 5.41) is 11.1.